The Hall–Kier alpha value is -4.33. The van der Waals surface area contributed by atoms with Gasteiger partial charge in [0.1, 0.15) is 17.1 Å². The van der Waals surface area contributed by atoms with E-state index in [-0.39, 0.29) is 5.69 Å². The van der Waals surface area contributed by atoms with Gasteiger partial charge in [0.05, 0.1) is 25.2 Å². The van der Waals surface area contributed by atoms with Gasteiger partial charge in [0.15, 0.2) is 0 Å². The molecule has 2 aromatic carbocycles. The second-order valence-corrected chi connectivity index (χ2v) is 6.23. The molecule has 2 aromatic heterocycles. The molecular weight excluding hydrogens is 380 g/mol. The normalized spacial score (nSPS) is 10.8. The smallest absolute Gasteiger partial charge is 0.291 e. The van der Waals surface area contributed by atoms with Gasteiger partial charge in [-0.1, -0.05) is 18.2 Å². The zero-order chi connectivity index (χ0) is 20.8. The SMILES string of the molecule is COc1ccc(-c2nn(-c3ccccc3)cc2/C=N/NC(=O)c2cnccn2)cc1. The van der Waals surface area contributed by atoms with Gasteiger partial charge in [-0.3, -0.25) is 9.78 Å². The molecule has 0 saturated carbocycles. The number of ether oxygens (including phenoxy) is 1. The van der Waals surface area contributed by atoms with Crippen molar-refractivity contribution < 1.29 is 9.53 Å². The van der Waals surface area contributed by atoms with Gasteiger partial charge in [-0.25, -0.2) is 15.1 Å². The number of carbonyl (C=O) groups is 1. The average molecular weight is 398 g/mol. The van der Waals surface area contributed by atoms with Crippen LogP contribution in [0.1, 0.15) is 16.1 Å². The molecule has 0 aliphatic carbocycles. The van der Waals surface area contributed by atoms with Crippen LogP contribution >= 0.6 is 0 Å². The largest absolute Gasteiger partial charge is 0.497 e. The van der Waals surface area contributed by atoms with E-state index in [4.69, 9.17) is 9.84 Å². The van der Waals surface area contributed by atoms with Crippen LogP contribution in [-0.2, 0) is 0 Å². The summed E-state index contributed by atoms with van der Waals surface area (Å²) in [6.07, 6.45) is 7.73. The molecule has 0 fully saturated rings. The maximum Gasteiger partial charge on any atom is 0.291 e. The van der Waals surface area contributed by atoms with Gasteiger partial charge in [0.2, 0.25) is 0 Å². The minimum absolute atomic E-state index is 0.185. The molecule has 0 aliphatic heterocycles. The fourth-order valence-corrected chi connectivity index (χ4v) is 2.80. The molecule has 30 heavy (non-hydrogen) atoms. The second-order valence-electron chi connectivity index (χ2n) is 6.23. The van der Waals surface area contributed by atoms with Gasteiger partial charge < -0.3 is 4.74 Å². The molecular formula is C22H18N6O2. The van der Waals surface area contributed by atoms with Crippen molar-refractivity contribution in [1.82, 2.24) is 25.2 Å². The van der Waals surface area contributed by atoms with Crippen LogP contribution in [0.15, 0.2) is 84.5 Å². The first kappa shape index (κ1) is 19.0. The number of nitrogens with one attached hydrogen (secondary N) is 1. The summed E-state index contributed by atoms with van der Waals surface area (Å²) >= 11 is 0. The fraction of sp³-hybridized carbons (Fsp3) is 0.0455. The standard InChI is InChI=1S/C22H18N6O2/c1-30-19-9-7-16(8-10-19)21-17(15-28(27-21)18-5-3-2-4-6-18)13-25-26-22(29)20-14-23-11-12-24-20/h2-15H,1H3,(H,26,29)/b25-13+. The Balaban J connectivity index is 1.64. The van der Waals surface area contributed by atoms with Gasteiger partial charge >= 0.3 is 0 Å². The summed E-state index contributed by atoms with van der Waals surface area (Å²) in [5.74, 6) is 0.313. The minimum Gasteiger partial charge on any atom is -0.497 e. The van der Waals surface area contributed by atoms with Crippen molar-refractivity contribution in [2.75, 3.05) is 7.11 Å². The van der Waals surface area contributed by atoms with Gasteiger partial charge in [-0.05, 0) is 36.4 Å². The highest BCUT2D eigenvalue weighted by Gasteiger charge is 2.12. The van der Waals surface area contributed by atoms with Crippen LogP contribution < -0.4 is 10.2 Å². The lowest BCUT2D eigenvalue weighted by Gasteiger charge is -2.02. The van der Waals surface area contributed by atoms with Crippen LogP contribution in [0.25, 0.3) is 16.9 Å². The lowest BCUT2D eigenvalue weighted by molar-refractivity contribution is 0.0949. The summed E-state index contributed by atoms with van der Waals surface area (Å²) in [5, 5.41) is 8.79. The van der Waals surface area contributed by atoms with Crippen molar-refractivity contribution in [1.29, 1.82) is 0 Å². The highest BCUT2D eigenvalue weighted by Crippen LogP contribution is 2.25. The Morgan fingerprint density at radius 1 is 1.10 bits per heavy atom. The highest BCUT2D eigenvalue weighted by atomic mass is 16.5. The first-order valence-corrected chi connectivity index (χ1v) is 9.13. The van der Waals surface area contributed by atoms with Crippen molar-refractivity contribution in [2.24, 2.45) is 5.10 Å². The van der Waals surface area contributed by atoms with Crippen molar-refractivity contribution in [3.8, 4) is 22.7 Å². The summed E-state index contributed by atoms with van der Waals surface area (Å²) in [4.78, 5) is 20.0. The molecule has 4 rings (SSSR count). The third-order valence-corrected chi connectivity index (χ3v) is 4.29. The van der Waals surface area contributed by atoms with Crippen molar-refractivity contribution in [3.05, 3.63) is 90.6 Å². The summed E-state index contributed by atoms with van der Waals surface area (Å²) in [7, 11) is 1.62. The number of methoxy groups -OCH3 is 1. The molecule has 4 aromatic rings. The minimum atomic E-state index is -0.444. The summed E-state index contributed by atoms with van der Waals surface area (Å²) in [6, 6.07) is 17.3. The number of hydrazone groups is 1. The monoisotopic (exact) mass is 398 g/mol. The topological polar surface area (TPSA) is 94.3 Å². The summed E-state index contributed by atoms with van der Waals surface area (Å²) < 4.78 is 7.00. The molecule has 0 saturated heterocycles. The van der Waals surface area contributed by atoms with Gasteiger partial charge in [-0.15, -0.1) is 0 Å². The van der Waals surface area contributed by atoms with Gasteiger partial charge in [0.25, 0.3) is 5.91 Å². The number of para-hydroxylation sites is 1. The average Bonchev–Trinajstić information content (AvgIpc) is 3.24. The molecule has 2 heterocycles. The molecule has 0 aliphatic rings. The fourth-order valence-electron chi connectivity index (χ4n) is 2.80. The number of hydrogen-bond donors (Lipinski definition) is 1. The first-order valence-electron chi connectivity index (χ1n) is 9.13. The van der Waals surface area contributed by atoms with Gasteiger partial charge in [-0.2, -0.15) is 10.2 Å². The van der Waals surface area contributed by atoms with E-state index in [0.29, 0.717) is 0 Å². The van der Waals surface area contributed by atoms with Crippen LogP contribution in [-0.4, -0.2) is 39.0 Å². The van der Waals surface area contributed by atoms with E-state index in [1.54, 1.807) is 18.0 Å². The van der Waals surface area contributed by atoms with Crippen molar-refractivity contribution in [2.45, 2.75) is 0 Å². The van der Waals surface area contributed by atoms with Crippen molar-refractivity contribution in [3.63, 3.8) is 0 Å². The molecule has 0 radical (unpaired) electrons. The van der Waals surface area contributed by atoms with E-state index in [9.17, 15) is 4.79 Å². The maximum absolute atomic E-state index is 12.1. The number of carbonyl (C=O) groups excluding carboxylic acids is 1. The predicted octanol–water partition coefficient (Wildman–Crippen LogP) is 3.10. The van der Waals surface area contributed by atoms with E-state index in [1.807, 2.05) is 60.8 Å². The molecule has 148 valence electrons. The van der Waals surface area contributed by atoms with Crippen LogP contribution in [0.2, 0.25) is 0 Å². The molecule has 0 atom stereocenters. The first-order chi connectivity index (χ1) is 14.7. The van der Waals surface area contributed by atoms with Crippen LogP contribution in [0.3, 0.4) is 0 Å². The van der Waals surface area contributed by atoms with E-state index in [1.165, 1.54) is 18.6 Å². The lowest BCUT2D eigenvalue weighted by atomic mass is 10.1. The Labute approximate surface area is 172 Å². The third-order valence-electron chi connectivity index (χ3n) is 4.29. The number of rotatable bonds is 6. The number of aromatic nitrogens is 4. The van der Waals surface area contributed by atoms with Crippen molar-refractivity contribution >= 4 is 12.1 Å². The van der Waals surface area contributed by atoms with E-state index >= 15 is 0 Å². The van der Waals surface area contributed by atoms with Crippen LogP contribution in [0.5, 0.6) is 5.75 Å². The van der Waals surface area contributed by atoms with Crippen LogP contribution in [0, 0.1) is 0 Å². The molecule has 0 spiro atoms. The number of hydrogen-bond acceptors (Lipinski definition) is 6. The Morgan fingerprint density at radius 2 is 1.90 bits per heavy atom. The predicted molar refractivity (Wildman–Crippen MR) is 113 cm³/mol. The number of benzene rings is 2. The Bertz CT molecular complexity index is 1160. The Kier molecular flexibility index (Phi) is 5.56. The maximum atomic E-state index is 12.1. The lowest BCUT2D eigenvalue weighted by Crippen LogP contribution is -2.19. The molecule has 8 nitrogen and oxygen atoms in total. The second kappa shape index (κ2) is 8.78. The molecule has 0 bridgehead atoms. The van der Waals surface area contributed by atoms with Crippen LogP contribution in [0.4, 0.5) is 0 Å². The zero-order valence-corrected chi connectivity index (χ0v) is 16.1. The van der Waals surface area contributed by atoms with E-state index in [0.717, 1.165) is 28.3 Å². The van der Waals surface area contributed by atoms with Gasteiger partial charge in [0, 0.05) is 29.7 Å². The third kappa shape index (κ3) is 4.22. The van der Waals surface area contributed by atoms with E-state index in [2.05, 4.69) is 20.5 Å². The molecule has 8 heteroatoms. The quantitative estimate of drug-likeness (QED) is 0.398. The molecule has 1 amide bonds. The molecule has 0 unspecified atom stereocenters. The summed E-state index contributed by atoms with van der Waals surface area (Å²) in [5.41, 5.74) is 5.92. The zero-order valence-electron chi connectivity index (χ0n) is 16.1. The summed E-state index contributed by atoms with van der Waals surface area (Å²) in [6.45, 7) is 0. The molecule has 1 N–H and O–H groups in total. The highest BCUT2D eigenvalue weighted by molar-refractivity contribution is 5.94. The Morgan fingerprint density at radius 3 is 2.60 bits per heavy atom. The number of amides is 1. The number of nitrogens with zero attached hydrogens (tertiary/aromatic N) is 5. The van der Waals surface area contributed by atoms with E-state index < -0.39 is 5.91 Å².